The molecular formula is C10H14ClNOS. The molecule has 1 aliphatic rings. The Morgan fingerprint density at radius 3 is 3.00 bits per heavy atom. The third kappa shape index (κ3) is 2.64. The Bertz CT molecular complexity index is 295. The van der Waals surface area contributed by atoms with Gasteiger partial charge in [0.05, 0.1) is 0 Å². The van der Waals surface area contributed by atoms with Gasteiger partial charge in [0.25, 0.3) is 0 Å². The van der Waals surface area contributed by atoms with Crippen LogP contribution in [0.15, 0.2) is 29.2 Å². The Morgan fingerprint density at radius 1 is 1.43 bits per heavy atom. The van der Waals surface area contributed by atoms with Gasteiger partial charge in [-0.15, -0.1) is 12.4 Å². The molecule has 1 aliphatic heterocycles. The molecule has 0 saturated carbocycles. The molecule has 0 radical (unpaired) electrons. The fourth-order valence-corrected chi connectivity index (χ4v) is 2.43. The lowest BCUT2D eigenvalue weighted by Gasteiger charge is -2.11. The van der Waals surface area contributed by atoms with E-state index in [0.717, 1.165) is 13.1 Å². The van der Waals surface area contributed by atoms with Crippen LogP contribution in [0, 0.1) is 0 Å². The van der Waals surface area contributed by atoms with Crippen LogP contribution in [0.1, 0.15) is 5.56 Å². The second-order valence-corrected chi connectivity index (χ2v) is 4.22. The Balaban J connectivity index is 0.000000980. The lowest BCUT2D eigenvalue weighted by Crippen LogP contribution is -2.22. The number of rotatable bonds is 1. The number of benzene rings is 1. The summed E-state index contributed by atoms with van der Waals surface area (Å²) in [5.41, 5.74) is 1.61. The predicted molar refractivity (Wildman–Crippen MR) is 62.1 cm³/mol. The van der Waals surface area contributed by atoms with Gasteiger partial charge in [-0.1, -0.05) is 30.0 Å². The maximum Gasteiger partial charge on any atom is 0.119 e. The molecule has 1 aromatic rings. The van der Waals surface area contributed by atoms with Gasteiger partial charge in [-0.05, 0) is 11.6 Å². The molecule has 0 saturated heterocycles. The molecule has 1 aromatic carbocycles. The average molecular weight is 232 g/mol. The third-order valence-electron chi connectivity index (χ3n) is 2.12. The molecule has 2 nitrogen and oxygen atoms in total. The first-order valence-corrected chi connectivity index (χ1v) is 5.26. The molecular weight excluding hydrogens is 218 g/mol. The number of thioether (sulfide) groups is 1. The zero-order valence-corrected chi connectivity index (χ0v) is 9.66. The van der Waals surface area contributed by atoms with Gasteiger partial charge in [-0.3, -0.25) is 0 Å². The second kappa shape index (κ2) is 5.61. The van der Waals surface area contributed by atoms with E-state index in [9.17, 15) is 0 Å². The number of hydrogen-bond donors (Lipinski definition) is 1. The van der Waals surface area contributed by atoms with E-state index >= 15 is 0 Å². The van der Waals surface area contributed by atoms with E-state index in [1.807, 2.05) is 0 Å². The van der Waals surface area contributed by atoms with Crippen molar-refractivity contribution in [2.24, 2.45) is 0 Å². The van der Waals surface area contributed by atoms with Gasteiger partial charge in [0, 0.05) is 25.1 Å². The van der Waals surface area contributed by atoms with E-state index in [2.05, 4.69) is 29.6 Å². The van der Waals surface area contributed by atoms with Crippen molar-refractivity contribution < 1.29 is 4.74 Å². The van der Waals surface area contributed by atoms with Crippen LogP contribution in [0.4, 0.5) is 0 Å². The highest BCUT2D eigenvalue weighted by Crippen LogP contribution is 2.28. The molecule has 78 valence electrons. The molecule has 1 unspecified atom stereocenters. The summed E-state index contributed by atoms with van der Waals surface area (Å²) >= 11 is 1.79. The quantitative estimate of drug-likeness (QED) is 0.802. The molecule has 1 atom stereocenters. The fourth-order valence-electron chi connectivity index (χ4n) is 1.40. The monoisotopic (exact) mass is 231 g/mol. The fraction of sp³-hybridized carbons (Fsp3) is 0.400. The first kappa shape index (κ1) is 11.9. The maximum atomic E-state index is 5.33. The number of nitrogens with one attached hydrogen (secondary N) is 1. The lowest BCUT2D eigenvalue weighted by atomic mass is 10.2. The second-order valence-electron chi connectivity index (χ2n) is 3.02. The first-order chi connectivity index (χ1) is 6.40. The largest absolute Gasteiger partial charge is 0.369 e. The molecule has 0 amide bonds. The van der Waals surface area contributed by atoms with Crippen LogP contribution < -0.4 is 5.32 Å². The molecule has 1 N–H and O–H groups in total. The van der Waals surface area contributed by atoms with Crippen molar-refractivity contribution in [3.05, 3.63) is 29.8 Å². The molecule has 1 heterocycles. The Kier molecular flexibility index (Phi) is 4.75. The number of fused-ring (bicyclic) bond motifs is 1. The topological polar surface area (TPSA) is 21.3 Å². The lowest BCUT2D eigenvalue weighted by molar-refractivity contribution is 0.172. The Morgan fingerprint density at radius 2 is 2.21 bits per heavy atom. The summed E-state index contributed by atoms with van der Waals surface area (Å²) in [7, 11) is 1.76. The third-order valence-corrected chi connectivity index (χ3v) is 3.39. The number of methoxy groups -OCH3 is 1. The van der Waals surface area contributed by atoms with E-state index in [1.165, 1.54) is 10.5 Å². The Labute approximate surface area is 94.8 Å². The molecule has 4 heteroatoms. The smallest absolute Gasteiger partial charge is 0.119 e. The minimum atomic E-state index is 0. The van der Waals surface area contributed by atoms with Crippen molar-refractivity contribution in [3.63, 3.8) is 0 Å². The van der Waals surface area contributed by atoms with Crippen LogP contribution in [0.5, 0.6) is 0 Å². The van der Waals surface area contributed by atoms with Crippen molar-refractivity contribution in [1.29, 1.82) is 0 Å². The first-order valence-electron chi connectivity index (χ1n) is 4.38. The maximum absolute atomic E-state index is 5.33. The van der Waals surface area contributed by atoms with Gasteiger partial charge in [0.15, 0.2) is 0 Å². The molecule has 0 fully saturated rings. The van der Waals surface area contributed by atoms with Crippen molar-refractivity contribution >= 4 is 24.2 Å². The zero-order valence-electron chi connectivity index (χ0n) is 8.03. The van der Waals surface area contributed by atoms with Gasteiger partial charge in [0.2, 0.25) is 0 Å². The van der Waals surface area contributed by atoms with Crippen molar-refractivity contribution in [3.8, 4) is 0 Å². The average Bonchev–Trinajstić information content (AvgIpc) is 2.38. The number of hydrogen-bond acceptors (Lipinski definition) is 3. The molecule has 0 aliphatic carbocycles. The van der Waals surface area contributed by atoms with Gasteiger partial charge in [0.1, 0.15) is 5.44 Å². The van der Waals surface area contributed by atoms with Gasteiger partial charge in [-0.25, -0.2) is 0 Å². The van der Waals surface area contributed by atoms with Gasteiger partial charge >= 0.3 is 0 Å². The van der Waals surface area contributed by atoms with Crippen molar-refractivity contribution in [2.75, 3.05) is 13.7 Å². The van der Waals surface area contributed by atoms with E-state index in [0.29, 0.717) is 0 Å². The highest BCUT2D eigenvalue weighted by atomic mass is 35.5. The molecule has 0 spiro atoms. The van der Waals surface area contributed by atoms with Gasteiger partial charge in [-0.2, -0.15) is 0 Å². The highest BCUT2D eigenvalue weighted by Gasteiger charge is 2.15. The summed E-state index contributed by atoms with van der Waals surface area (Å²) < 4.78 is 5.33. The standard InChI is InChI=1S/C10H13NOS.ClH/c1-12-10-7-11-6-8-4-2-3-5-9(8)13-10;/h2-5,10-11H,6-7H2,1H3;1H. The summed E-state index contributed by atoms with van der Waals surface area (Å²) in [6.07, 6.45) is 0. The van der Waals surface area contributed by atoms with Crippen LogP contribution >= 0.6 is 24.2 Å². The minimum Gasteiger partial charge on any atom is -0.369 e. The summed E-state index contributed by atoms with van der Waals surface area (Å²) in [6.45, 7) is 1.86. The van der Waals surface area contributed by atoms with E-state index in [1.54, 1.807) is 18.9 Å². The van der Waals surface area contributed by atoms with Crippen LogP contribution in [-0.4, -0.2) is 19.1 Å². The van der Waals surface area contributed by atoms with Crippen molar-refractivity contribution in [2.45, 2.75) is 16.9 Å². The summed E-state index contributed by atoms with van der Waals surface area (Å²) in [6, 6.07) is 8.46. The van der Waals surface area contributed by atoms with Crippen LogP contribution in [-0.2, 0) is 11.3 Å². The van der Waals surface area contributed by atoms with Crippen LogP contribution in [0.25, 0.3) is 0 Å². The predicted octanol–water partition coefficient (Wildman–Crippen LogP) is 2.28. The molecule has 14 heavy (non-hydrogen) atoms. The highest BCUT2D eigenvalue weighted by molar-refractivity contribution is 7.99. The molecule has 0 aromatic heterocycles. The Hall–Kier alpha value is -0.220. The van der Waals surface area contributed by atoms with Crippen LogP contribution in [0.3, 0.4) is 0 Å². The zero-order chi connectivity index (χ0) is 9.10. The normalized spacial score (nSPS) is 20.5. The van der Waals surface area contributed by atoms with E-state index < -0.39 is 0 Å². The SMILES string of the molecule is COC1CNCc2ccccc2S1.Cl. The summed E-state index contributed by atoms with van der Waals surface area (Å²) in [5, 5.41) is 3.36. The number of halogens is 1. The molecule has 2 rings (SSSR count). The minimum absolute atomic E-state index is 0. The molecule has 0 bridgehead atoms. The summed E-state index contributed by atoms with van der Waals surface area (Å²) in [4.78, 5) is 1.33. The van der Waals surface area contributed by atoms with Crippen molar-refractivity contribution in [1.82, 2.24) is 5.32 Å². The van der Waals surface area contributed by atoms with Gasteiger partial charge < -0.3 is 10.1 Å². The van der Waals surface area contributed by atoms with E-state index in [4.69, 9.17) is 4.74 Å². The van der Waals surface area contributed by atoms with Crippen LogP contribution in [0.2, 0.25) is 0 Å². The van der Waals surface area contributed by atoms with E-state index in [-0.39, 0.29) is 17.8 Å². The summed E-state index contributed by atoms with van der Waals surface area (Å²) in [5.74, 6) is 0. The number of ether oxygens (including phenoxy) is 1.